The molecule has 0 aromatic carbocycles. The summed E-state index contributed by atoms with van der Waals surface area (Å²) in [6.45, 7) is 0. The molecule has 4 heteroatoms. The van der Waals surface area contributed by atoms with Crippen LogP contribution in [0.25, 0.3) is 0 Å². The fourth-order valence-electron chi connectivity index (χ4n) is 0. The van der Waals surface area contributed by atoms with Crippen molar-refractivity contribution in [1.82, 2.24) is 0 Å². The molecule has 0 aliphatic carbocycles. The molecular weight excluding hydrogens is 93.0 g/mol. The summed E-state index contributed by atoms with van der Waals surface area (Å²) >= 11 is 0. The maximum Gasteiger partial charge on any atom is 1.00 e. The topological polar surface area (TPSA) is 0 Å². The Bertz CT molecular complexity index is 11.6. The molecule has 0 amide bonds. The van der Waals surface area contributed by atoms with Crippen molar-refractivity contribution >= 4 is 36.1 Å². The number of hydrogen-bond acceptors (Lipinski definition) is 0. The molecule has 0 N–H and O–H groups in total. The van der Waals surface area contributed by atoms with Crippen molar-refractivity contribution in [1.29, 1.82) is 0 Å². The van der Waals surface area contributed by atoms with Crippen LogP contribution in [0.2, 0.25) is 0 Å². The van der Waals surface area contributed by atoms with Crippen LogP contribution in [0, 0.1) is 0 Å². The first-order valence-electron chi connectivity index (χ1n) is 0.577. The van der Waals surface area contributed by atoms with E-state index in [-0.39, 0.29) is 37.6 Å². The van der Waals surface area contributed by atoms with Crippen molar-refractivity contribution in [2.45, 2.75) is 0 Å². The Labute approximate surface area is 56.4 Å². The van der Waals surface area contributed by atoms with Gasteiger partial charge in [-0.15, -0.1) is 0 Å². The van der Waals surface area contributed by atoms with Gasteiger partial charge in [-0.05, 0) is 0 Å². The second-order valence-corrected chi connectivity index (χ2v) is 0. The predicted molar refractivity (Wildman–Crippen MR) is 30.7 cm³/mol. The van der Waals surface area contributed by atoms with Crippen molar-refractivity contribution in [3.8, 4) is 0 Å². The van der Waals surface area contributed by atoms with Crippen molar-refractivity contribution in [3.63, 3.8) is 0 Å². The summed E-state index contributed by atoms with van der Waals surface area (Å²) in [5.41, 5.74) is 0. The fraction of sp³-hybridized carbons (Fsp3) is 0. The molecule has 0 saturated heterocycles. The first kappa shape index (κ1) is 17.1. The minimum absolute atomic E-state index is 0. The minimum atomic E-state index is 0. The van der Waals surface area contributed by atoms with Gasteiger partial charge in [-0.25, -0.2) is 0 Å². The summed E-state index contributed by atoms with van der Waals surface area (Å²) in [6.07, 6.45) is 0. The molecule has 1 unspecified atom stereocenters. The molecule has 0 aliphatic rings. The summed E-state index contributed by atoms with van der Waals surface area (Å²) < 4.78 is 0. The van der Waals surface area contributed by atoms with Crippen LogP contribution in [-0.2, 0) is 0 Å². The van der Waals surface area contributed by atoms with Gasteiger partial charge in [0.25, 0.3) is 0 Å². The van der Waals surface area contributed by atoms with E-state index < -0.39 is 0 Å². The molecule has 1 atom stereocenters. The zero-order valence-electron chi connectivity index (χ0n) is 3.58. The third-order valence-corrected chi connectivity index (χ3v) is 0. The second-order valence-electron chi connectivity index (χ2n) is 0. The average Bonchev–Trinajstić information content (AvgIpc) is 1.00. The Morgan fingerprint density at radius 1 is 1.50 bits per heavy atom. The first-order chi connectivity index (χ1) is 1.00. The third kappa shape index (κ3) is 9.22. The molecular formula is H9AlLiPSi. The zero-order valence-corrected chi connectivity index (χ0v) is 5.73. The van der Waals surface area contributed by atoms with Crippen LogP contribution in [0.4, 0.5) is 0 Å². The van der Waals surface area contributed by atoms with E-state index in [0.29, 0.717) is 0 Å². The summed E-state index contributed by atoms with van der Waals surface area (Å²) in [4.78, 5) is 0. The van der Waals surface area contributed by atoms with Crippen molar-refractivity contribution in [3.05, 3.63) is 0 Å². The van der Waals surface area contributed by atoms with Gasteiger partial charge in [-0.1, -0.05) is 0 Å². The number of hydrogen-bond donors (Lipinski definition) is 0. The maximum absolute atomic E-state index is 2.56. The van der Waals surface area contributed by atoms with E-state index in [1.165, 1.54) is 9.91 Å². The second kappa shape index (κ2) is 21.6. The zero-order chi connectivity index (χ0) is 2.00. The molecule has 0 saturated carbocycles. The van der Waals surface area contributed by atoms with Gasteiger partial charge in [0.15, 0.2) is 17.4 Å². The normalized spacial score (nSPS) is 2.25. The predicted octanol–water partition coefficient (Wildman–Crippen LogP) is -4.93. The first-order valence-corrected chi connectivity index (χ1v) is 5.20. The number of rotatable bonds is 0. The van der Waals surface area contributed by atoms with E-state index in [4.69, 9.17) is 0 Å². The Morgan fingerprint density at radius 2 is 1.50 bits per heavy atom. The fourth-order valence-corrected chi connectivity index (χ4v) is 0. The molecule has 4 heavy (non-hydrogen) atoms. The van der Waals surface area contributed by atoms with E-state index in [2.05, 4.69) is 8.79 Å². The van der Waals surface area contributed by atoms with Crippen molar-refractivity contribution < 1.29 is 20.3 Å². The maximum atomic E-state index is 2.56. The Morgan fingerprint density at radius 3 is 1.50 bits per heavy atom. The summed E-state index contributed by atoms with van der Waals surface area (Å²) in [5, 5.41) is 0. The molecule has 0 rings (SSSR count). The SMILES string of the molecule is [AlH3].[H-].[Li+].[SiH3]P. The van der Waals surface area contributed by atoms with Gasteiger partial charge < -0.3 is 1.43 Å². The van der Waals surface area contributed by atoms with Crippen LogP contribution in [-0.4, -0.2) is 27.3 Å². The van der Waals surface area contributed by atoms with Gasteiger partial charge in [-0.3, -0.25) is 0 Å². The summed E-state index contributed by atoms with van der Waals surface area (Å²) in [6, 6.07) is 0. The van der Waals surface area contributed by atoms with E-state index >= 15 is 0 Å². The van der Waals surface area contributed by atoms with E-state index in [1.54, 1.807) is 0 Å². The Kier molecular flexibility index (Phi) is 92.2. The largest absolute Gasteiger partial charge is 1.00 e. The van der Waals surface area contributed by atoms with Crippen LogP contribution >= 0.6 is 8.79 Å². The molecule has 22 valence electrons. The summed E-state index contributed by atoms with van der Waals surface area (Å²) in [5.74, 6) is 0. The van der Waals surface area contributed by atoms with Crippen molar-refractivity contribution in [2.75, 3.05) is 0 Å². The molecule has 0 nitrogen and oxygen atoms in total. The van der Waals surface area contributed by atoms with E-state index in [0.717, 1.165) is 0 Å². The molecule has 0 aromatic heterocycles. The van der Waals surface area contributed by atoms with Crippen molar-refractivity contribution in [2.24, 2.45) is 0 Å². The van der Waals surface area contributed by atoms with E-state index in [9.17, 15) is 0 Å². The smallest absolute Gasteiger partial charge is 1.00 e. The molecule has 0 aromatic rings. The third-order valence-electron chi connectivity index (χ3n) is 0. The molecule has 0 bridgehead atoms. The Hall–Kier alpha value is 1.78. The van der Waals surface area contributed by atoms with Crippen LogP contribution in [0.1, 0.15) is 1.43 Å². The van der Waals surface area contributed by atoms with Crippen LogP contribution in [0.5, 0.6) is 0 Å². The molecule has 0 radical (unpaired) electrons. The van der Waals surface area contributed by atoms with Crippen LogP contribution < -0.4 is 18.9 Å². The average molecular weight is 102 g/mol. The summed E-state index contributed by atoms with van der Waals surface area (Å²) in [7, 11) is 3.78. The molecule has 0 aliphatic heterocycles. The van der Waals surface area contributed by atoms with Gasteiger partial charge >= 0.3 is 18.9 Å². The minimum Gasteiger partial charge on any atom is -1.00 e. The van der Waals surface area contributed by atoms with E-state index in [1.807, 2.05) is 0 Å². The van der Waals surface area contributed by atoms with Gasteiger partial charge in [0.2, 0.25) is 0 Å². The monoisotopic (exact) mass is 102 g/mol. The Balaban J connectivity index is -0.00000000167. The van der Waals surface area contributed by atoms with Gasteiger partial charge in [0.1, 0.15) is 0 Å². The molecule has 0 fully saturated rings. The molecule has 0 heterocycles. The molecule has 0 spiro atoms. The van der Waals surface area contributed by atoms with Gasteiger partial charge in [0.05, 0.1) is 0 Å². The van der Waals surface area contributed by atoms with Gasteiger partial charge in [-0.2, -0.15) is 8.79 Å². The standard InChI is InChI=1S/Al.Li.H5PSi.4H/c;;1-2;;;;/h;;1H2,2H3;;;;/q;+1;;;;;-1. The van der Waals surface area contributed by atoms with Crippen LogP contribution in [0.3, 0.4) is 0 Å². The quantitative estimate of drug-likeness (QED) is 0.212. The van der Waals surface area contributed by atoms with Gasteiger partial charge in [0, 0.05) is 9.91 Å². The van der Waals surface area contributed by atoms with Crippen LogP contribution in [0.15, 0.2) is 0 Å².